The van der Waals surface area contributed by atoms with Crippen LogP contribution in [0.15, 0.2) is 86.0 Å². The van der Waals surface area contributed by atoms with Crippen molar-refractivity contribution < 1.29 is 0 Å². The highest BCUT2D eigenvalue weighted by atomic mass is 14.0. The Hall–Kier alpha value is -2.08. The second-order valence-electron chi connectivity index (χ2n) is 6.55. The standard InChI is InChI=1S/C10H14.C5H8.3C4H8.3C2H6/c1-3-6-10-8-5-4-7-9(10)2;1-3-5-4-2;2*1-4(2)3;1-3-4-2;3*1-2/h4-5,7-8H,3,6H2,1-2H3;3-5H,1H2,2H3;2*1H2,2-3H3;3H,1,4H2,2H3;3*1-2H3/b;5-4-;;;;;;. The molecule has 33 heavy (non-hydrogen) atoms. The van der Waals surface area contributed by atoms with Gasteiger partial charge >= 0.3 is 0 Å². The summed E-state index contributed by atoms with van der Waals surface area (Å²) in [5.74, 6) is 0. The lowest BCUT2D eigenvalue weighted by Crippen LogP contribution is -1.85. The van der Waals surface area contributed by atoms with E-state index in [9.17, 15) is 0 Å². The third-order valence-corrected chi connectivity index (χ3v) is 2.40. The lowest BCUT2D eigenvalue weighted by molar-refractivity contribution is 0.913. The van der Waals surface area contributed by atoms with Gasteiger partial charge in [0.1, 0.15) is 0 Å². The minimum Gasteiger partial charge on any atom is -0.103 e. The molecule has 0 bridgehead atoms. The molecule has 0 N–H and O–H groups in total. The predicted octanol–water partition coefficient (Wildman–Crippen LogP) is 12.5. The van der Waals surface area contributed by atoms with Gasteiger partial charge in [-0.15, -0.1) is 19.7 Å². The maximum atomic E-state index is 3.56. The van der Waals surface area contributed by atoms with Crippen molar-refractivity contribution in [3.63, 3.8) is 0 Å². The van der Waals surface area contributed by atoms with Crippen LogP contribution in [0.1, 0.15) is 114 Å². The van der Waals surface area contributed by atoms with Gasteiger partial charge in [0.2, 0.25) is 0 Å². The van der Waals surface area contributed by atoms with Crippen molar-refractivity contribution in [2.75, 3.05) is 0 Å². The summed E-state index contributed by atoms with van der Waals surface area (Å²) in [6.07, 6.45) is 11.0. The molecule has 0 saturated heterocycles. The van der Waals surface area contributed by atoms with Crippen LogP contribution in [-0.4, -0.2) is 0 Å². The van der Waals surface area contributed by atoms with E-state index in [4.69, 9.17) is 0 Å². The van der Waals surface area contributed by atoms with Crippen LogP contribution < -0.4 is 0 Å². The zero-order valence-corrected chi connectivity index (χ0v) is 25.6. The molecule has 1 aromatic rings. The van der Waals surface area contributed by atoms with E-state index >= 15 is 0 Å². The minimum absolute atomic E-state index is 1.08. The Balaban J connectivity index is -0.0000000512. The van der Waals surface area contributed by atoms with Gasteiger partial charge in [-0.1, -0.05) is 128 Å². The van der Waals surface area contributed by atoms with Gasteiger partial charge in [-0.2, -0.15) is 0 Å². The summed E-state index contributed by atoms with van der Waals surface area (Å²) in [5, 5.41) is 0. The quantitative estimate of drug-likeness (QED) is 0.309. The Morgan fingerprint density at radius 3 is 1.30 bits per heavy atom. The summed E-state index contributed by atoms with van der Waals surface area (Å²) >= 11 is 0. The molecule has 0 fully saturated rings. The Kier molecular flexibility index (Phi) is 83.8. The summed E-state index contributed by atoms with van der Waals surface area (Å²) in [6.45, 7) is 42.4. The first-order chi connectivity index (χ1) is 15.6. The Morgan fingerprint density at radius 1 is 0.788 bits per heavy atom. The number of hydrogen-bond acceptors (Lipinski definition) is 0. The summed E-state index contributed by atoms with van der Waals surface area (Å²) in [6, 6.07) is 8.58. The van der Waals surface area contributed by atoms with E-state index in [0.29, 0.717) is 0 Å². The Labute approximate surface area is 213 Å². The monoisotopic (exact) mass is 461 g/mol. The first-order valence-corrected chi connectivity index (χ1v) is 12.8. The highest BCUT2D eigenvalue weighted by Crippen LogP contribution is 2.08. The molecule has 0 spiro atoms. The molecule has 0 aliphatic rings. The topological polar surface area (TPSA) is 0 Å². The van der Waals surface area contributed by atoms with Crippen LogP contribution in [-0.2, 0) is 6.42 Å². The molecular formula is C33H64. The number of aryl methyl sites for hydroxylation is 2. The maximum Gasteiger partial charge on any atom is -0.0279 e. The Bertz CT molecular complexity index is 481. The van der Waals surface area contributed by atoms with Gasteiger partial charge < -0.3 is 0 Å². The van der Waals surface area contributed by atoms with E-state index in [-0.39, 0.29) is 0 Å². The summed E-state index contributed by atoms with van der Waals surface area (Å²) in [7, 11) is 0. The van der Waals surface area contributed by atoms with Crippen LogP contribution in [0.4, 0.5) is 0 Å². The van der Waals surface area contributed by atoms with Crippen LogP contribution in [0.5, 0.6) is 0 Å². The van der Waals surface area contributed by atoms with Gasteiger partial charge in [0.05, 0.1) is 0 Å². The normalized spacial score (nSPS) is 7.21. The van der Waals surface area contributed by atoms with E-state index in [1.807, 2.05) is 94.4 Å². The van der Waals surface area contributed by atoms with Crippen molar-refractivity contribution in [3.05, 3.63) is 97.2 Å². The molecule has 196 valence electrons. The summed E-state index contributed by atoms with van der Waals surface area (Å²) < 4.78 is 0. The van der Waals surface area contributed by atoms with E-state index in [2.05, 4.69) is 71.4 Å². The number of benzene rings is 1. The molecule has 0 unspecified atom stereocenters. The molecule has 1 aromatic carbocycles. The lowest BCUT2D eigenvalue weighted by Gasteiger charge is -2.01. The molecule has 0 heterocycles. The third kappa shape index (κ3) is 105. The molecule has 0 aromatic heterocycles. The zero-order chi connectivity index (χ0) is 28.1. The molecule has 0 saturated carbocycles. The molecule has 0 atom stereocenters. The van der Waals surface area contributed by atoms with Gasteiger partial charge in [-0.3, -0.25) is 0 Å². The molecule has 0 amide bonds. The molecule has 0 nitrogen and oxygen atoms in total. The zero-order valence-electron chi connectivity index (χ0n) is 25.6. The summed E-state index contributed by atoms with van der Waals surface area (Å²) in [4.78, 5) is 0. The first-order valence-electron chi connectivity index (χ1n) is 12.8. The van der Waals surface area contributed by atoms with Crippen LogP contribution in [0.3, 0.4) is 0 Å². The van der Waals surface area contributed by atoms with Crippen molar-refractivity contribution in [2.24, 2.45) is 0 Å². The van der Waals surface area contributed by atoms with Crippen molar-refractivity contribution in [2.45, 2.75) is 116 Å². The minimum atomic E-state index is 1.08. The maximum absolute atomic E-state index is 3.56. The lowest BCUT2D eigenvalue weighted by atomic mass is 10.1. The van der Waals surface area contributed by atoms with Gasteiger partial charge in [0, 0.05) is 0 Å². The highest BCUT2D eigenvalue weighted by Gasteiger charge is 1.92. The van der Waals surface area contributed by atoms with Crippen molar-refractivity contribution in [1.29, 1.82) is 0 Å². The third-order valence-electron chi connectivity index (χ3n) is 2.40. The van der Waals surface area contributed by atoms with Crippen LogP contribution in [0.2, 0.25) is 0 Å². The van der Waals surface area contributed by atoms with E-state index in [0.717, 1.165) is 6.42 Å². The average molecular weight is 461 g/mol. The second kappa shape index (κ2) is 57.2. The molecule has 0 aliphatic carbocycles. The van der Waals surface area contributed by atoms with Gasteiger partial charge in [-0.05, 0) is 65.5 Å². The fraction of sp³-hybridized carbons (Fsp3) is 0.515. The van der Waals surface area contributed by atoms with Crippen LogP contribution >= 0.6 is 0 Å². The van der Waals surface area contributed by atoms with Crippen molar-refractivity contribution >= 4 is 0 Å². The van der Waals surface area contributed by atoms with Gasteiger partial charge in [-0.25, -0.2) is 0 Å². The van der Waals surface area contributed by atoms with Crippen molar-refractivity contribution in [1.82, 2.24) is 0 Å². The second-order valence-corrected chi connectivity index (χ2v) is 6.55. The van der Waals surface area contributed by atoms with Gasteiger partial charge in [0.25, 0.3) is 0 Å². The predicted molar refractivity (Wildman–Crippen MR) is 166 cm³/mol. The number of rotatable bonds is 4. The largest absolute Gasteiger partial charge is 0.103 e. The fourth-order valence-electron chi connectivity index (χ4n) is 1.30. The van der Waals surface area contributed by atoms with Crippen molar-refractivity contribution in [3.8, 4) is 0 Å². The molecular weight excluding hydrogens is 396 g/mol. The molecule has 0 heteroatoms. The van der Waals surface area contributed by atoms with Crippen LogP contribution in [0, 0.1) is 6.92 Å². The SMILES string of the molecule is C=C(C)C.C=C(C)C.C=C/C=C\C.C=CCC.CC.CC.CC.CCCc1ccccc1C. The fourth-order valence-corrected chi connectivity index (χ4v) is 1.30. The van der Waals surface area contributed by atoms with E-state index in [1.54, 1.807) is 6.08 Å². The molecule has 1 rings (SSSR count). The first kappa shape index (κ1) is 48.4. The van der Waals surface area contributed by atoms with Gasteiger partial charge in [0.15, 0.2) is 0 Å². The van der Waals surface area contributed by atoms with E-state index < -0.39 is 0 Å². The molecule has 0 radical (unpaired) electrons. The van der Waals surface area contributed by atoms with E-state index in [1.165, 1.54) is 35.1 Å². The van der Waals surface area contributed by atoms with Crippen LogP contribution in [0.25, 0.3) is 0 Å². The highest BCUT2D eigenvalue weighted by molar-refractivity contribution is 5.25. The average Bonchev–Trinajstić information content (AvgIpc) is 2.80. The number of allylic oxidation sites excluding steroid dienone is 6. The number of hydrogen-bond donors (Lipinski definition) is 0. The Morgan fingerprint density at radius 2 is 1.12 bits per heavy atom. The molecule has 0 aliphatic heterocycles. The summed E-state index contributed by atoms with van der Waals surface area (Å²) in [5.41, 5.74) is 5.24. The smallest absolute Gasteiger partial charge is 0.0279 e.